The fourth-order valence-electron chi connectivity index (χ4n) is 3.31. The van der Waals surface area contributed by atoms with Gasteiger partial charge in [0, 0.05) is 12.0 Å². The molecule has 1 unspecified atom stereocenters. The van der Waals surface area contributed by atoms with Gasteiger partial charge in [-0.05, 0) is 17.7 Å². The Bertz CT molecular complexity index is 931. The number of carbonyl (C=O) groups excluding carboxylic acids is 1. The number of para-hydroxylation sites is 1. The van der Waals surface area contributed by atoms with Gasteiger partial charge >= 0.3 is 5.97 Å². The molecule has 0 radical (unpaired) electrons. The standard InChI is InChI=1S/C21H18O6/c1-24-17-10-6-5-9-15(17)21(23)16(11-14-7-3-2-4-8-14)19(20(22)27-21)18-12-25-13-26-18/h2-10,12,23H,11,13H2,1H3. The molecule has 0 amide bonds. The van der Waals surface area contributed by atoms with Gasteiger partial charge in [0.25, 0.3) is 5.79 Å². The molecule has 2 aliphatic rings. The lowest BCUT2D eigenvalue weighted by molar-refractivity contribution is -0.186. The number of ether oxygens (including phenoxy) is 4. The molecule has 1 atom stereocenters. The number of hydrogen-bond donors (Lipinski definition) is 1. The molecule has 4 rings (SSSR count). The van der Waals surface area contributed by atoms with Crippen molar-refractivity contribution in [2.75, 3.05) is 13.9 Å². The summed E-state index contributed by atoms with van der Waals surface area (Å²) in [5.41, 5.74) is 1.81. The molecule has 6 heteroatoms. The quantitative estimate of drug-likeness (QED) is 0.821. The highest BCUT2D eigenvalue weighted by molar-refractivity contribution is 5.97. The number of rotatable bonds is 5. The Balaban J connectivity index is 1.89. The minimum Gasteiger partial charge on any atom is -0.496 e. The molecule has 0 fully saturated rings. The number of methoxy groups -OCH3 is 1. The van der Waals surface area contributed by atoms with Gasteiger partial charge in [-0.15, -0.1) is 0 Å². The van der Waals surface area contributed by atoms with E-state index in [1.54, 1.807) is 24.3 Å². The second-order valence-corrected chi connectivity index (χ2v) is 6.16. The minimum absolute atomic E-state index is 0.0117. The van der Waals surface area contributed by atoms with Crippen molar-refractivity contribution in [2.24, 2.45) is 0 Å². The van der Waals surface area contributed by atoms with E-state index in [1.807, 2.05) is 30.3 Å². The van der Waals surface area contributed by atoms with Crippen molar-refractivity contribution in [2.45, 2.75) is 12.2 Å². The second-order valence-electron chi connectivity index (χ2n) is 6.16. The van der Waals surface area contributed by atoms with Crippen LogP contribution < -0.4 is 4.74 Å². The maximum absolute atomic E-state index is 12.7. The Morgan fingerprint density at radius 1 is 1.11 bits per heavy atom. The van der Waals surface area contributed by atoms with Crippen LogP contribution >= 0.6 is 0 Å². The van der Waals surface area contributed by atoms with Gasteiger partial charge < -0.3 is 24.1 Å². The molecule has 0 aromatic heterocycles. The molecule has 0 bridgehead atoms. The summed E-state index contributed by atoms with van der Waals surface area (Å²) in [6, 6.07) is 16.4. The highest BCUT2D eigenvalue weighted by atomic mass is 16.7. The highest BCUT2D eigenvalue weighted by Gasteiger charge is 2.51. The number of hydrogen-bond acceptors (Lipinski definition) is 6. The van der Waals surface area contributed by atoms with Crippen molar-refractivity contribution >= 4 is 5.97 Å². The molecule has 2 aromatic carbocycles. The van der Waals surface area contributed by atoms with Crippen molar-refractivity contribution in [3.8, 4) is 5.75 Å². The molecule has 2 aromatic rings. The maximum Gasteiger partial charge on any atom is 0.345 e. The van der Waals surface area contributed by atoms with E-state index in [1.165, 1.54) is 13.4 Å². The highest BCUT2D eigenvalue weighted by Crippen LogP contribution is 2.46. The summed E-state index contributed by atoms with van der Waals surface area (Å²) >= 11 is 0. The fraction of sp³-hybridized carbons (Fsp3) is 0.190. The SMILES string of the molecule is COc1ccccc1C1(O)OC(=O)C(C2=COCO2)=C1Cc1ccccc1. The number of aliphatic hydroxyl groups is 1. The van der Waals surface area contributed by atoms with E-state index in [9.17, 15) is 9.90 Å². The molecule has 0 saturated carbocycles. The first kappa shape index (κ1) is 17.2. The third-order valence-corrected chi connectivity index (χ3v) is 4.57. The van der Waals surface area contributed by atoms with Gasteiger partial charge in [-0.1, -0.05) is 42.5 Å². The second kappa shape index (κ2) is 6.81. The molecule has 6 nitrogen and oxygen atoms in total. The smallest absolute Gasteiger partial charge is 0.345 e. The lowest BCUT2D eigenvalue weighted by Gasteiger charge is -2.27. The van der Waals surface area contributed by atoms with Gasteiger partial charge in [-0.3, -0.25) is 0 Å². The van der Waals surface area contributed by atoms with Crippen molar-refractivity contribution in [3.05, 3.63) is 88.9 Å². The molecule has 0 saturated heterocycles. The first-order valence-corrected chi connectivity index (χ1v) is 8.45. The van der Waals surface area contributed by atoms with Gasteiger partial charge in [0.05, 0.1) is 12.7 Å². The predicted octanol–water partition coefficient (Wildman–Crippen LogP) is 2.78. The summed E-state index contributed by atoms with van der Waals surface area (Å²) in [6.07, 6.45) is 1.65. The average Bonchev–Trinajstić information content (AvgIpc) is 3.30. The Kier molecular flexibility index (Phi) is 4.33. The summed E-state index contributed by atoms with van der Waals surface area (Å²) < 4.78 is 21.3. The lowest BCUT2D eigenvalue weighted by Crippen LogP contribution is -2.30. The van der Waals surface area contributed by atoms with Crippen LogP contribution in [0.5, 0.6) is 5.75 Å². The molecule has 2 heterocycles. The minimum atomic E-state index is -1.97. The molecular formula is C21H18O6. The zero-order chi connectivity index (χ0) is 18.9. The molecule has 2 aliphatic heterocycles. The number of cyclic esters (lactones) is 1. The Morgan fingerprint density at radius 2 is 1.85 bits per heavy atom. The third-order valence-electron chi connectivity index (χ3n) is 4.57. The van der Waals surface area contributed by atoms with Crippen molar-refractivity contribution < 1.29 is 28.8 Å². The summed E-state index contributed by atoms with van der Waals surface area (Å²) in [7, 11) is 1.50. The molecule has 0 aliphatic carbocycles. The monoisotopic (exact) mass is 366 g/mol. The van der Waals surface area contributed by atoms with Crippen LogP contribution in [0.2, 0.25) is 0 Å². The van der Waals surface area contributed by atoms with Crippen LogP contribution in [0.3, 0.4) is 0 Å². The number of esters is 1. The Morgan fingerprint density at radius 3 is 2.56 bits per heavy atom. The van der Waals surface area contributed by atoms with Crippen LogP contribution in [0, 0.1) is 0 Å². The van der Waals surface area contributed by atoms with Crippen LogP contribution in [-0.2, 0) is 31.2 Å². The summed E-state index contributed by atoms with van der Waals surface area (Å²) in [5, 5.41) is 11.5. The molecule has 27 heavy (non-hydrogen) atoms. The van der Waals surface area contributed by atoms with Crippen LogP contribution in [-0.4, -0.2) is 25.0 Å². The maximum atomic E-state index is 12.7. The van der Waals surface area contributed by atoms with Crippen LogP contribution in [0.4, 0.5) is 0 Å². The van der Waals surface area contributed by atoms with Crippen LogP contribution in [0.1, 0.15) is 11.1 Å². The van der Waals surface area contributed by atoms with E-state index in [0.29, 0.717) is 16.9 Å². The normalized spacial score (nSPS) is 21.4. The Hall–Kier alpha value is -3.25. The summed E-state index contributed by atoms with van der Waals surface area (Å²) in [6.45, 7) is 0.0117. The van der Waals surface area contributed by atoms with E-state index < -0.39 is 11.8 Å². The van der Waals surface area contributed by atoms with Crippen molar-refractivity contribution in [3.63, 3.8) is 0 Å². The molecule has 138 valence electrons. The fourth-order valence-corrected chi connectivity index (χ4v) is 3.31. The van der Waals surface area contributed by atoms with E-state index in [4.69, 9.17) is 18.9 Å². The average molecular weight is 366 g/mol. The van der Waals surface area contributed by atoms with E-state index >= 15 is 0 Å². The largest absolute Gasteiger partial charge is 0.496 e. The van der Waals surface area contributed by atoms with Gasteiger partial charge in [0.1, 0.15) is 17.6 Å². The zero-order valence-corrected chi connectivity index (χ0v) is 14.7. The van der Waals surface area contributed by atoms with Crippen molar-refractivity contribution in [1.82, 2.24) is 0 Å². The topological polar surface area (TPSA) is 74.2 Å². The van der Waals surface area contributed by atoms with E-state index in [0.717, 1.165) is 5.56 Å². The molecule has 0 spiro atoms. The van der Waals surface area contributed by atoms with Gasteiger partial charge in [0.15, 0.2) is 5.76 Å². The van der Waals surface area contributed by atoms with Gasteiger partial charge in [-0.2, -0.15) is 0 Å². The number of carbonyl (C=O) groups is 1. The molecular weight excluding hydrogens is 348 g/mol. The Labute approximate surface area is 156 Å². The summed E-state index contributed by atoms with van der Waals surface area (Å²) in [4.78, 5) is 12.7. The predicted molar refractivity (Wildman–Crippen MR) is 95.3 cm³/mol. The van der Waals surface area contributed by atoms with Crippen LogP contribution in [0.25, 0.3) is 0 Å². The van der Waals surface area contributed by atoms with Crippen molar-refractivity contribution in [1.29, 1.82) is 0 Å². The number of benzene rings is 2. The van der Waals surface area contributed by atoms with Gasteiger partial charge in [-0.25, -0.2) is 4.79 Å². The van der Waals surface area contributed by atoms with E-state index in [-0.39, 0.29) is 24.5 Å². The third kappa shape index (κ3) is 2.94. The first-order valence-electron chi connectivity index (χ1n) is 8.45. The summed E-state index contributed by atoms with van der Waals surface area (Å²) in [5.74, 6) is -1.98. The lowest BCUT2D eigenvalue weighted by atomic mass is 9.89. The zero-order valence-electron chi connectivity index (χ0n) is 14.7. The van der Waals surface area contributed by atoms with Crippen LogP contribution in [0.15, 0.2) is 77.8 Å². The first-order chi connectivity index (χ1) is 13.1. The van der Waals surface area contributed by atoms with E-state index in [2.05, 4.69) is 0 Å². The van der Waals surface area contributed by atoms with Gasteiger partial charge in [0.2, 0.25) is 6.79 Å². The molecule has 1 N–H and O–H groups in total.